The molecule has 0 heterocycles. The first-order valence-electron chi connectivity index (χ1n) is 6.28. The molecule has 88 valence electrons. The van der Waals surface area contributed by atoms with Gasteiger partial charge in [0.2, 0.25) is 0 Å². The molecule has 1 N–H and O–H groups in total. The van der Waals surface area contributed by atoms with Gasteiger partial charge in [-0.3, -0.25) is 0 Å². The number of hydrogen-bond acceptors (Lipinski definition) is 1. The van der Waals surface area contributed by atoms with Gasteiger partial charge in [-0.25, -0.2) is 0 Å². The van der Waals surface area contributed by atoms with Gasteiger partial charge < -0.3 is 5.32 Å². The maximum absolute atomic E-state index is 3.68. The van der Waals surface area contributed by atoms with E-state index in [0.717, 1.165) is 0 Å². The van der Waals surface area contributed by atoms with Gasteiger partial charge in [-0.2, -0.15) is 0 Å². The van der Waals surface area contributed by atoms with Crippen LogP contribution in [0.25, 0.3) is 0 Å². The topological polar surface area (TPSA) is 12.0 Å². The Morgan fingerprint density at radius 3 is 2.44 bits per heavy atom. The Hall–Kier alpha value is -0.250. The second kappa shape index (κ2) is 5.89. The lowest BCUT2D eigenvalue weighted by Gasteiger charge is -2.18. The summed E-state index contributed by atoms with van der Waals surface area (Å²) in [6.45, 7) is 2.16. The second-order valence-electron chi connectivity index (χ2n) is 4.80. The van der Waals surface area contributed by atoms with Crippen LogP contribution in [0.15, 0.2) is 18.2 Å². The highest BCUT2D eigenvalue weighted by Crippen LogP contribution is 2.23. The fourth-order valence-electron chi connectivity index (χ4n) is 2.34. The van der Waals surface area contributed by atoms with E-state index in [-0.39, 0.29) is 0 Å². The Labute approximate surface area is 112 Å². The van der Waals surface area contributed by atoms with Crippen LogP contribution in [-0.4, -0.2) is 6.04 Å². The second-order valence-corrected chi connectivity index (χ2v) is 5.96. The number of benzene rings is 1. The van der Waals surface area contributed by atoms with E-state index in [1.165, 1.54) is 53.3 Å². The molecule has 0 amide bonds. The lowest BCUT2D eigenvalue weighted by molar-refractivity contribution is 0.620. The molecule has 1 aliphatic carbocycles. The van der Waals surface area contributed by atoms with Crippen molar-refractivity contribution in [2.75, 3.05) is 5.32 Å². The Bertz CT molecular complexity index is 341. The minimum absolute atomic E-state index is 0.695. The summed E-state index contributed by atoms with van der Waals surface area (Å²) >= 11 is 2.41. The van der Waals surface area contributed by atoms with Crippen molar-refractivity contribution in [1.29, 1.82) is 0 Å². The predicted molar refractivity (Wildman–Crippen MR) is 79.0 cm³/mol. The van der Waals surface area contributed by atoms with E-state index in [9.17, 15) is 0 Å². The van der Waals surface area contributed by atoms with Crippen LogP contribution in [0.3, 0.4) is 0 Å². The Morgan fingerprint density at radius 1 is 1.12 bits per heavy atom. The number of aryl methyl sites for hydroxylation is 1. The molecule has 0 aromatic heterocycles. The molecule has 0 saturated heterocycles. The molecule has 1 nitrogen and oxygen atoms in total. The molecule has 0 spiro atoms. The van der Waals surface area contributed by atoms with E-state index in [2.05, 4.69) is 53.0 Å². The fraction of sp³-hybridized carbons (Fsp3) is 0.571. The summed E-state index contributed by atoms with van der Waals surface area (Å²) in [7, 11) is 0. The predicted octanol–water partition coefficient (Wildman–Crippen LogP) is 4.73. The molecule has 0 aliphatic heterocycles. The highest BCUT2D eigenvalue weighted by molar-refractivity contribution is 14.1. The zero-order chi connectivity index (χ0) is 11.4. The summed E-state index contributed by atoms with van der Waals surface area (Å²) in [6.07, 6.45) is 8.30. The van der Waals surface area contributed by atoms with Crippen molar-refractivity contribution in [3.05, 3.63) is 27.3 Å². The summed E-state index contributed by atoms with van der Waals surface area (Å²) < 4.78 is 1.36. The molecular weight excluding hydrogens is 309 g/mol. The van der Waals surface area contributed by atoms with Crippen molar-refractivity contribution in [2.24, 2.45) is 0 Å². The van der Waals surface area contributed by atoms with E-state index >= 15 is 0 Å². The molecule has 0 bridgehead atoms. The lowest BCUT2D eigenvalue weighted by atomic mass is 10.1. The molecule has 2 heteroatoms. The van der Waals surface area contributed by atoms with Gasteiger partial charge in [-0.1, -0.05) is 31.7 Å². The van der Waals surface area contributed by atoms with Crippen molar-refractivity contribution in [3.8, 4) is 0 Å². The van der Waals surface area contributed by atoms with Crippen molar-refractivity contribution in [1.82, 2.24) is 0 Å². The van der Waals surface area contributed by atoms with Crippen LogP contribution >= 0.6 is 22.6 Å². The maximum atomic E-state index is 3.68. The molecule has 0 radical (unpaired) electrons. The number of nitrogens with one attached hydrogen (secondary N) is 1. The SMILES string of the molecule is Cc1ccc(NC2CCCCCC2)cc1I. The zero-order valence-electron chi connectivity index (χ0n) is 9.93. The van der Waals surface area contributed by atoms with E-state index in [0.29, 0.717) is 6.04 Å². The van der Waals surface area contributed by atoms with Crippen LogP contribution in [0.2, 0.25) is 0 Å². The van der Waals surface area contributed by atoms with Gasteiger partial charge in [-0.15, -0.1) is 0 Å². The van der Waals surface area contributed by atoms with Gasteiger partial charge in [0.15, 0.2) is 0 Å². The molecule has 1 fully saturated rings. The Balaban J connectivity index is 1.99. The third-order valence-electron chi connectivity index (χ3n) is 3.40. The van der Waals surface area contributed by atoms with Gasteiger partial charge >= 0.3 is 0 Å². The Morgan fingerprint density at radius 2 is 1.81 bits per heavy atom. The van der Waals surface area contributed by atoms with Gasteiger partial charge in [0.25, 0.3) is 0 Å². The minimum Gasteiger partial charge on any atom is -0.382 e. The number of anilines is 1. The molecule has 1 aromatic rings. The van der Waals surface area contributed by atoms with E-state index in [4.69, 9.17) is 0 Å². The van der Waals surface area contributed by atoms with Crippen molar-refractivity contribution < 1.29 is 0 Å². The summed E-state index contributed by atoms with van der Waals surface area (Å²) in [4.78, 5) is 0. The molecular formula is C14H20IN. The zero-order valence-corrected chi connectivity index (χ0v) is 12.1. The molecule has 1 saturated carbocycles. The third-order valence-corrected chi connectivity index (χ3v) is 4.56. The smallest absolute Gasteiger partial charge is 0.0353 e. The highest BCUT2D eigenvalue weighted by Gasteiger charge is 2.11. The first kappa shape index (κ1) is 12.2. The third kappa shape index (κ3) is 3.37. The van der Waals surface area contributed by atoms with Crippen LogP contribution in [0.1, 0.15) is 44.1 Å². The molecule has 2 rings (SSSR count). The summed E-state index contributed by atoms with van der Waals surface area (Å²) in [5.74, 6) is 0. The summed E-state index contributed by atoms with van der Waals surface area (Å²) in [6, 6.07) is 7.38. The van der Waals surface area contributed by atoms with Gasteiger partial charge in [-0.05, 0) is 60.1 Å². The Kier molecular flexibility index (Phi) is 4.50. The molecule has 0 unspecified atom stereocenters. The normalized spacial score (nSPS) is 18.1. The first-order valence-corrected chi connectivity index (χ1v) is 7.36. The van der Waals surface area contributed by atoms with Gasteiger partial charge in [0, 0.05) is 15.3 Å². The molecule has 0 atom stereocenters. The highest BCUT2D eigenvalue weighted by atomic mass is 127. The molecule has 1 aliphatic rings. The van der Waals surface area contributed by atoms with E-state index < -0.39 is 0 Å². The van der Waals surface area contributed by atoms with Gasteiger partial charge in [0.1, 0.15) is 0 Å². The maximum Gasteiger partial charge on any atom is 0.0353 e. The van der Waals surface area contributed by atoms with Crippen molar-refractivity contribution in [2.45, 2.75) is 51.5 Å². The summed E-state index contributed by atoms with van der Waals surface area (Å²) in [5, 5.41) is 3.68. The standard InChI is InChI=1S/C14H20IN/c1-11-8-9-13(10-14(11)15)16-12-6-4-2-3-5-7-12/h8-10,12,16H,2-7H2,1H3. The average Bonchev–Trinajstić information content (AvgIpc) is 2.52. The number of hydrogen-bond donors (Lipinski definition) is 1. The number of halogens is 1. The van der Waals surface area contributed by atoms with Crippen LogP contribution in [0.4, 0.5) is 5.69 Å². The fourth-order valence-corrected chi connectivity index (χ4v) is 2.86. The van der Waals surface area contributed by atoms with Crippen molar-refractivity contribution >= 4 is 28.3 Å². The monoisotopic (exact) mass is 329 g/mol. The van der Waals surface area contributed by atoms with Gasteiger partial charge in [0.05, 0.1) is 0 Å². The van der Waals surface area contributed by atoms with Crippen molar-refractivity contribution in [3.63, 3.8) is 0 Å². The minimum atomic E-state index is 0.695. The number of rotatable bonds is 2. The van der Waals surface area contributed by atoms with Crippen LogP contribution in [0, 0.1) is 10.5 Å². The first-order chi connectivity index (χ1) is 7.75. The molecule has 1 aromatic carbocycles. The lowest BCUT2D eigenvalue weighted by Crippen LogP contribution is -2.18. The average molecular weight is 329 g/mol. The van der Waals surface area contributed by atoms with E-state index in [1.54, 1.807) is 0 Å². The van der Waals surface area contributed by atoms with Crippen LogP contribution < -0.4 is 5.32 Å². The van der Waals surface area contributed by atoms with Crippen LogP contribution in [0.5, 0.6) is 0 Å². The largest absolute Gasteiger partial charge is 0.382 e. The molecule has 16 heavy (non-hydrogen) atoms. The quantitative estimate of drug-likeness (QED) is 0.611. The summed E-state index contributed by atoms with van der Waals surface area (Å²) in [5.41, 5.74) is 2.66. The van der Waals surface area contributed by atoms with E-state index in [1.807, 2.05) is 0 Å². The van der Waals surface area contributed by atoms with Crippen LogP contribution in [-0.2, 0) is 0 Å².